The number of nitrogens with two attached hydrogens (primary N) is 1. The summed E-state index contributed by atoms with van der Waals surface area (Å²) in [6, 6.07) is 7.58. The van der Waals surface area contributed by atoms with Crippen LogP contribution in [0.2, 0.25) is 0 Å². The highest BCUT2D eigenvalue weighted by Crippen LogP contribution is 2.21. The summed E-state index contributed by atoms with van der Waals surface area (Å²) in [7, 11) is 1.68. The number of rotatable bonds is 6. The van der Waals surface area contributed by atoms with E-state index in [-0.39, 0.29) is 24.7 Å². The van der Waals surface area contributed by atoms with Gasteiger partial charge in [0.05, 0.1) is 12.1 Å². The van der Waals surface area contributed by atoms with E-state index >= 15 is 0 Å². The molecule has 3 N–H and O–H groups in total. The molecular weight excluding hydrogens is 256 g/mol. The van der Waals surface area contributed by atoms with E-state index in [9.17, 15) is 4.79 Å². The van der Waals surface area contributed by atoms with Crippen LogP contribution in [0.25, 0.3) is 0 Å². The third-order valence-corrected chi connectivity index (χ3v) is 3.65. The van der Waals surface area contributed by atoms with Gasteiger partial charge >= 0.3 is 0 Å². The van der Waals surface area contributed by atoms with Crippen molar-refractivity contribution in [1.29, 1.82) is 0 Å². The molecule has 1 saturated carbocycles. The Morgan fingerprint density at radius 2 is 2.20 bits per heavy atom. The van der Waals surface area contributed by atoms with Gasteiger partial charge in [-0.15, -0.1) is 0 Å². The first kappa shape index (κ1) is 14.8. The molecule has 2 rings (SSSR count). The van der Waals surface area contributed by atoms with E-state index < -0.39 is 0 Å². The molecule has 0 radical (unpaired) electrons. The van der Waals surface area contributed by atoms with Crippen LogP contribution in [0.3, 0.4) is 0 Å². The number of methoxy groups -OCH3 is 1. The van der Waals surface area contributed by atoms with Gasteiger partial charge in [0.1, 0.15) is 5.75 Å². The van der Waals surface area contributed by atoms with Gasteiger partial charge < -0.3 is 20.5 Å². The van der Waals surface area contributed by atoms with Crippen molar-refractivity contribution in [2.75, 3.05) is 13.7 Å². The second-order valence-electron chi connectivity index (χ2n) is 4.98. The molecule has 0 heterocycles. The normalized spacial score (nSPS) is 21.7. The first-order valence-electron chi connectivity index (χ1n) is 6.97. The van der Waals surface area contributed by atoms with Crippen LogP contribution in [0, 0.1) is 0 Å². The summed E-state index contributed by atoms with van der Waals surface area (Å²) < 4.78 is 10.9. The largest absolute Gasteiger partial charge is 0.483 e. The van der Waals surface area contributed by atoms with E-state index in [4.69, 9.17) is 15.2 Å². The Bertz CT molecular complexity index is 450. The molecule has 0 aromatic heterocycles. The third-order valence-electron chi connectivity index (χ3n) is 3.65. The van der Waals surface area contributed by atoms with Crippen molar-refractivity contribution < 1.29 is 14.3 Å². The molecule has 2 unspecified atom stereocenters. The first-order chi connectivity index (χ1) is 9.74. The summed E-state index contributed by atoms with van der Waals surface area (Å²) in [5.74, 6) is 0.547. The van der Waals surface area contributed by atoms with Crippen molar-refractivity contribution in [2.24, 2.45) is 5.73 Å². The molecule has 1 aromatic rings. The molecule has 1 amide bonds. The fraction of sp³-hybridized carbons (Fsp3) is 0.533. The minimum absolute atomic E-state index is 0.00392. The Morgan fingerprint density at radius 3 is 2.95 bits per heavy atom. The highest BCUT2D eigenvalue weighted by atomic mass is 16.5. The highest BCUT2D eigenvalue weighted by molar-refractivity contribution is 5.78. The smallest absolute Gasteiger partial charge is 0.258 e. The number of amides is 1. The van der Waals surface area contributed by atoms with E-state index in [1.807, 2.05) is 24.3 Å². The minimum atomic E-state index is -0.120. The van der Waals surface area contributed by atoms with Crippen molar-refractivity contribution in [3.63, 3.8) is 0 Å². The molecule has 0 spiro atoms. The predicted octanol–water partition coefficient (Wildman–Crippen LogP) is 1.21. The Morgan fingerprint density at radius 1 is 1.40 bits per heavy atom. The fourth-order valence-electron chi connectivity index (χ4n) is 2.58. The zero-order valence-corrected chi connectivity index (χ0v) is 11.8. The molecule has 1 aliphatic carbocycles. The van der Waals surface area contributed by atoms with Crippen LogP contribution in [0.4, 0.5) is 0 Å². The molecule has 0 saturated heterocycles. The molecule has 110 valence electrons. The van der Waals surface area contributed by atoms with E-state index in [1.54, 1.807) is 7.11 Å². The van der Waals surface area contributed by atoms with Gasteiger partial charge in [-0.3, -0.25) is 4.79 Å². The number of benzene rings is 1. The van der Waals surface area contributed by atoms with E-state index in [1.165, 1.54) is 0 Å². The number of hydrogen-bond acceptors (Lipinski definition) is 4. The van der Waals surface area contributed by atoms with Crippen LogP contribution in [-0.2, 0) is 16.1 Å². The summed E-state index contributed by atoms with van der Waals surface area (Å²) in [5.41, 5.74) is 6.53. The lowest BCUT2D eigenvalue weighted by atomic mass is 10.2. The molecule has 20 heavy (non-hydrogen) atoms. The lowest BCUT2D eigenvalue weighted by Crippen LogP contribution is -2.42. The standard InChI is InChI=1S/C15H22N2O3/c1-19-14-8-4-6-12(14)17-15(18)10-20-13-7-3-2-5-11(13)9-16/h2-3,5,7,12,14H,4,6,8-10,16H2,1H3,(H,17,18). The van der Waals surface area contributed by atoms with Crippen LogP contribution in [0.5, 0.6) is 5.75 Å². The SMILES string of the molecule is COC1CCCC1NC(=O)COc1ccccc1CN. The first-order valence-corrected chi connectivity index (χ1v) is 6.97. The zero-order chi connectivity index (χ0) is 14.4. The number of carbonyl (C=O) groups is 1. The second kappa shape index (κ2) is 7.26. The molecule has 1 fully saturated rings. The average molecular weight is 278 g/mol. The lowest BCUT2D eigenvalue weighted by Gasteiger charge is -2.19. The molecular formula is C15H22N2O3. The van der Waals surface area contributed by atoms with Crippen LogP contribution >= 0.6 is 0 Å². The van der Waals surface area contributed by atoms with E-state index in [0.717, 1.165) is 24.8 Å². The van der Waals surface area contributed by atoms with Gasteiger partial charge in [-0.05, 0) is 25.3 Å². The number of nitrogens with one attached hydrogen (secondary N) is 1. The number of para-hydroxylation sites is 1. The summed E-state index contributed by atoms with van der Waals surface area (Å²) in [6.07, 6.45) is 3.16. The Balaban J connectivity index is 1.83. The molecule has 2 atom stereocenters. The van der Waals surface area contributed by atoms with Gasteiger partial charge in [-0.2, -0.15) is 0 Å². The van der Waals surface area contributed by atoms with Crippen LogP contribution < -0.4 is 15.8 Å². The molecule has 1 aliphatic rings. The fourth-order valence-corrected chi connectivity index (χ4v) is 2.58. The maximum absolute atomic E-state index is 11.9. The van der Waals surface area contributed by atoms with Crippen LogP contribution in [0.1, 0.15) is 24.8 Å². The van der Waals surface area contributed by atoms with Crippen LogP contribution in [-0.4, -0.2) is 31.8 Å². The highest BCUT2D eigenvalue weighted by Gasteiger charge is 2.28. The molecule has 5 heteroatoms. The maximum atomic E-state index is 11.9. The molecule has 1 aromatic carbocycles. The van der Waals surface area contributed by atoms with Gasteiger partial charge in [-0.1, -0.05) is 18.2 Å². The zero-order valence-electron chi connectivity index (χ0n) is 11.8. The average Bonchev–Trinajstić information content (AvgIpc) is 2.92. The monoisotopic (exact) mass is 278 g/mol. The van der Waals surface area contributed by atoms with Gasteiger partial charge in [0, 0.05) is 19.2 Å². The van der Waals surface area contributed by atoms with Crippen molar-refractivity contribution in [1.82, 2.24) is 5.32 Å². The van der Waals surface area contributed by atoms with E-state index in [0.29, 0.717) is 12.3 Å². The Kier molecular flexibility index (Phi) is 5.38. The molecule has 0 bridgehead atoms. The van der Waals surface area contributed by atoms with Crippen molar-refractivity contribution in [2.45, 2.75) is 38.0 Å². The van der Waals surface area contributed by atoms with Gasteiger partial charge in [0.25, 0.3) is 5.91 Å². The molecule has 0 aliphatic heterocycles. The van der Waals surface area contributed by atoms with Gasteiger partial charge in [-0.25, -0.2) is 0 Å². The predicted molar refractivity (Wildman–Crippen MR) is 76.4 cm³/mol. The minimum Gasteiger partial charge on any atom is -0.483 e. The number of hydrogen-bond donors (Lipinski definition) is 2. The summed E-state index contributed by atoms with van der Waals surface area (Å²) in [6.45, 7) is 0.399. The van der Waals surface area contributed by atoms with E-state index in [2.05, 4.69) is 5.32 Å². The Hall–Kier alpha value is -1.59. The number of carbonyl (C=O) groups excluding carboxylic acids is 1. The topological polar surface area (TPSA) is 73.6 Å². The Labute approximate surface area is 119 Å². The maximum Gasteiger partial charge on any atom is 0.258 e. The summed E-state index contributed by atoms with van der Waals surface area (Å²) >= 11 is 0. The quantitative estimate of drug-likeness (QED) is 0.820. The van der Waals surface area contributed by atoms with Gasteiger partial charge in [0.15, 0.2) is 6.61 Å². The van der Waals surface area contributed by atoms with Crippen LogP contribution in [0.15, 0.2) is 24.3 Å². The third kappa shape index (κ3) is 3.71. The van der Waals surface area contributed by atoms with Gasteiger partial charge in [0.2, 0.25) is 0 Å². The summed E-state index contributed by atoms with van der Waals surface area (Å²) in [4.78, 5) is 11.9. The van der Waals surface area contributed by atoms with Crippen molar-refractivity contribution in [3.8, 4) is 5.75 Å². The molecule has 5 nitrogen and oxygen atoms in total. The number of ether oxygens (including phenoxy) is 2. The lowest BCUT2D eigenvalue weighted by molar-refractivity contribution is -0.124. The second-order valence-corrected chi connectivity index (χ2v) is 4.98. The van der Waals surface area contributed by atoms with Crippen molar-refractivity contribution >= 4 is 5.91 Å². The van der Waals surface area contributed by atoms with Crippen molar-refractivity contribution in [3.05, 3.63) is 29.8 Å². The summed E-state index contributed by atoms with van der Waals surface area (Å²) in [5, 5.41) is 2.97.